The predicted octanol–water partition coefficient (Wildman–Crippen LogP) is 3.74. The third-order valence-corrected chi connectivity index (χ3v) is 5.42. The molecule has 1 aromatic heterocycles. The van der Waals surface area contributed by atoms with E-state index in [1.807, 2.05) is 0 Å². The summed E-state index contributed by atoms with van der Waals surface area (Å²) in [6.45, 7) is 7.72. The quantitative estimate of drug-likeness (QED) is 0.666. The molecule has 0 amide bonds. The number of benzene rings is 1. The van der Waals surface area contributed by atoms with Gasteiger partial charge in [-0.25, -0.2) is 4.98 Å². The maximum absolute atomic E-state index is 10.8. The Morgan fingerprint density at radius 2 is 2.39 bits per heavy atom. The van der Waals surface area contributed by atoms with E-state index in [9.17, 15) is 10.1 Å². The van der Waals surface area contributed by atoms with Crippen LogP contribution < -0.4 is 5.32 Å². The van der Waals surface area contributed by atoms with Crippen LogP contribution in [0.5, 0.6) is 0 Å². The fourth-order valence-corrected chi connectivity index (χ4v) is 4.00. The SMILES string of the molecule is CC1CCCN(C(C)CNc2nc3ccc([N+](=O)[O-])cc3s2)C1. The van der Waals surface area contributed by atoms with Gasteiger partial charge >= 0.3 is 0 Å². The van der Waals surface area contributed by atoms with Gasteiger partial charge in [-0.15, -0.1) is 0 Å². The van der Waals surface area contributed by atoms with Gasteiger partial charge in [0.05, 0.1) is 15.1 Å². The van der Waals surface area contributed by atoms with Crippen LogP contribution >= 0.6 is 11.3 Å². The smallest absolute Gasteiger partial charge is 0.270 e. The minimum absolute atomic E-state index is 0.114. The van der Waals surface area contributed by atoms with Crippen LogP contribution in [-0.4, -0.2) is 40.5 Å². The topological polar surface area (TPSA) is 71.3 Å². The van der Waals surface area contributed by atoms with Crippen molar-refractivity contribution in [2.75, 3.05) is 25.0 Å². The molecule has 0 aliphatic carbocycles. The molecule has 6 nitrogen and oxygen atoms in total. The summed E-state index contributed by atoms with van der Waals surface area (Å²) in [5.41, 5.74) is 0.922. The number of likely N-dealkylation sites (tertiary alicyclic amines) is 1. The van der Waals surface area contributed by atoms with Crippen molar-refractivity contribution in [2.24, 2.45) is 5.92 Å². The van der Waals surface area contributed by atoms with Crippen LogP contribution in [0.3, 0.4) is 0 Å². The van der Waals surface area contributed by atoms with Crippen molar-refractivity contribution >= 4 is 32.4 Å². The Bertz CT molecular complexity index is 702. The summed E-state index contributed by atoms with van der Waals surface area (Å²) in [5.74, 6) is 0.772. The lowest BCUT2D eigenvalue weighted by molar-refractivity contribution is -0.384. The van der Waals surface area contributed by atoms with Crippen LogP contribution in [0.2, 0.25) is 0 Å². The second kappa shape index (κ2) is 6.80. The van der Waals surface area contributed by atoms with Crippen molar-refractivity contribution in [3.63, 3.8) is 0 Å². The molecule has 3 rings (SSSR count). The first kappa shape index (κ1) is 16.1. The predicted molar refractivity (Wildman–Crippen MR) is 94.2 cm³/mol. The highest BCUT2D eigenvalue weighted by Crippen LogP contribution is 2.29. The lowest BCUT2D eigenvalue weighted by Crippen LogP contribution is -2.43. The number of nitrogens with zero attached hydrogens (tertiary/aromatic N) is 3. The van der Waals surface area contributed by atoms with Crippen molar-refractivity contribution in [3.8, 4) is 0 Å². The Morgan fingerprint density at radius 1 is 1.57 bits per heavy atom. The van der Waals surface area contributed by atoms with Gasteiger partial charge in [-0.2, -0.15) is 0 Å². The van der Waals surface area contributed by atoms with Crippen molar-refractivity contribution < 1.29 is 4.92 Å². The number of thiazole rings is 1. The number of nitrogens with one attached hydrogen (secondary N) is 1. The third kappa shape index (κ3) is 3.79. The largest absolute Gasteiger partial charge is 0.360 e. The number of nitro benzene ring substituents is 1. The molecule has 7 heteroatoms. The summed E-state index contributed by atoms with van der Waals surface area (Å²) < 4.78 is 0.848. The standard InChI is InChI=1S/C16H22N4O2S/c1-11-4-3-7-19(10-11)12(2)9-17-16-18-14-6-5-13(20(21)22)8-15(14)23-16/h5-6,8,11-12H,3-4,7,9-10H2,1-2H3,(H,17,18). The molecule has 1 aromatic carbocycles. The van der Waals surface area contributed by atoms with E-state index in [1.54, 1.807) is 12.1 Å². The Morgan fingerprint density at radius 3 is 3.13 bits per heavy atom. The number of hydrogen-bond donors (Lipinski definition) is 1. The van der Waals surface area contributed by atoms with Crippen molar-refractivity contribution in [3.05, 3.63) is 28.3 Å². The van der Waals surface area contributed by atoms with E-state index in [4.69, 9.17) is 0 Å². The van der Waals surface area contributed by atoms with Crippen LogP contribution in [-0.2, 0) is 0 Å². The van der Waals surface area contributed by atoms with E-state index < -0.39 is 0 Å². The zero-order valence-corrected chi connectivity index (χ0v) is 14.3. The fraction of sp³-hybridized carbons (Fsp3) is 0.562. The average molecular weight is 334 g/mol. The first-order valence-electron chi connectivity index (χ1n) is 8.06. The Balaban J connectivity index is 1.63. The summed E-state index contributed by atoms with van der Waals surface area (Å²) in [4.78, 5) is 17.5. The lowest BCUT2D eigenvalue weighted by atomic mass is 9.99. The Kier molecular flexibility index (Phi) is 4.77. The first-order chi connectivity index (χ1) is 11.0. The molecule has 2 unspecified atom stereocenters. The van der Waals surface area contributed by atoms with E-state index >= 15 is 0 Å². The molecular weight excluding hydrogens is 312 g/mol. The zero-order chi connectivity index (χ0) is 16.4. The van der Waals surface area contributed by atoms with Crippen molar-refractivity contribution in [2.45, 2.75) is 32.7 Å². The van der Waals surface area contributed by atoms with Gasteiger partial charge in [0, 0.05) is 31.3 Å². The Labute approximate surface area is 139 Å². The van der Waals surface area contributed by atoms with Crippen molar-refractivity contribution in [1.82, 2.24) is 9.88 Å². The van der Waals surface area contributed by atoms with E-state index in [-0.39, 0.29) is 10.6 Å². The van der Waals surface area contributed by atoms with Gasteiger partial charge in [0.15, 0.2) is 5.13 Å². The maximum atomic E-state index is 10.8. The summed E-state index contributed by atoms with van der Waals surface area (Å²) >= 11 is 1.47. The number of non-ortho nitro benzene ring substituents is 1. The molecule has 2 atom stereocenters. The Hall–Kier alpha value is -1.73. The second-order valence-corrected chi connectivity index (χ2v) is 7.43. The molecule has 1 fully saturated rings. The van der Waals surface area contributed by atoms with Crippen LogP contribution in [0.15, 0.2) is 18.2 Å². The molecule has 1 aliphatic rings. The van der Waals surface area contributed by atoms with Gasteiger partial charge in [-0.1, -0.05) is 18.3 Å². The minimum atomic E-state index is -0.369. The fourth-order valence-electron chi connectivity index (χ4n) is 3.09. The number of rotatable bonds is 5. The molecule has 0 spiro atoms. The average Bonchev–Trinajstić information content (AvgIpc) is 2.94. The number of nitro groups is 1. The molecule has 2 heterocycles. The van der Waals surface area contributed by atoms with Gasteiger partial charge in [0.2, 0.25) is 0 Å². The maximum Gasteiger partial charge on any atom is 0.270 e. The minimum Gasteiger partial charge on any atom is -0.360 e. The van der Waals surface area contributed by atoms with Crippen LogP contribution in [0.1, 0.15) is 26.7 Å². The van der Waals surface area contributed by atoms with Crippen LogP contribution in [0.25, 0.3) is 10.2 Å². The van der Waals surface area contributed by atoms with Gasteiger partial charge < -0.3 is 5.32 Å². The molecule has 0 radical (unpaired) electrons. The molecule has 23 heavy (non-hydrogen) atoms. The summed E-state index contributed by atoms with van der Waals surface area (Å²) in [7, 11) is 0. The highest BCUT2D eigenvalue weighted by Gasteiger charge is 2.21. The van der Waals surface area contributed by atoms with E-state index in [1.165, 1.54) is 36.8 Å². The molecule has 0 bridgehead atoms. The molecule has 1 N–H and O–H groups in total. The number of hydrogen-bond acceptors (Lipinski definition) is 6. The highest BCUT2D eigenvalue weighted by molar-refractivity contribution is 7.22. The van der Waals surface area contributed by atoms with Crippen LogP contribution in [0, 0.1) is 16.0 Å². The number of fused-ring (bicyclic) bond motifs is 1. The van der Waals surface area contributed by atoms with Crippen LogP contribution in [0.4, 0.5) is 10.8 Å². The van der Waals surface area contributed by atoms with Gasteiger partial charge in [-0.05, 0) is 38.3 Å². The normalized spacial score (nSPS) is 20.5. The monoisotopic (exact) mass is 334 g/mol. The summed E-state index contributed by atoms with van der Waals surface area (Å²) in [6, 6.07) is 5.27. The van der Waals surface area contributed by atoms with E-state index in [2.05, 4.69) is 29.0 Å². The van der Waals surface area contributed by atoms with Gasteiger partial charge in [0.1, 0.15) is 0 Å². The molecular formula is C16H22N4O2S. The molecule has 124 valence electrons. The summed E-state index contributed by atoms with van der Waals surface area (Å²) in [5, 5.41) is 15.1. The van der Waals surface area contributed by atoms with E-state index in [0.29, 0.717) is 6.04 Å². The molecule has 1 aliphatic heterocycles. The first-order valence-corrected chi connectivity index (χ1v) is 8.87. The number of piperidine rings is 1. The molecule has 2 aromatic rings. The third-order valence-electron chi connectivity index (χ3n) is 4.44. The molecule has 1 saturated heterocycles. The number of anilines is 1. The molecule has 0 saturated carbocycles. The zero-order valence-electron chi connectivity index (χ0n) is 13.5. The van der Waals surface area contributed by atoms with E-state index in [0.717, 1.165) is 34.4 Å². The highest BCUT2D eigenvalue weighted by atomic mass is 32.1. The second-order valence-electron chi connectivity index (χ2n) is 6.40. The van der Waals surface area contributed by atoms with Crippen molar-refractivity contribution in [1.29, 1.82) is 0 Å². The van der Waals surface area contributed by atoms with Gasteiger partial charge in [-0.3, -0.25) is 15.0 Å². The number of aromatic nitrogens is 1. The summed E-state index contributed by atoms with van der Waals surface area (Å²) in [6.07, 6.45) is 2.60. The van der Waals surface area contributed by atoms with Gasteiger partial charge in [0.25, 0.3) is 5.69 Å². The lowest BCUT2D eigenvalue weighted by Gasteiger charge is -2.35.